The number of aliphatic carboxylic acids is 1. The third kappa shape index (κ3) is 1.69. The highest BCUT2D eigenvalue weighted by molar-refractivity contribution is 7.87. The number of amides is 1. The second kappa shape index (κ2) is 4.23. The van der Waals surface area contributed by atoms with Crippen LogP contribution < -0.4 is 0 Å². The van der Waals surface area contributed by atoms with Crippen LogP contribution in [0.25, 0.3) is 0 Å². The molecule has 2 aliphatic heterocycles. The topological polar surface area (TPSA) is 90.7 Å². The van der Waals surface area contributed by atoms with Crippen LogP contribution in [0.1, 0.15) is 6.92 Å². The molecule has 6 nitrogen and oxygen atoms in total. The summed E-state index contributed by atoms with van der Waals surface area (Å²) < 4.78 is 12.9. The Morgan fingerprint density at radius 3 is 2.88 bits per heavy atom. The maximum atomic E-state index is 11.7. The van der Waals surface area contributed by atoms with Crippen molar-refractivity contribution >= 4 is 22.6 Å². The quantitative estimate of drug-likeness (QED) is 0.706. The molecule has 0 bridgehead atoms. The molecule has 1 amide bonds. The van der Waals surface area contributed by atoms with Crippen molar-refractivity contribution in [3.8, 4) is 0 Å². The monoisotopic (exact) mass is 258 g/mol. The van der Waals surface area contributed by atoms with E-state index in [4.69, 9.17) is 9.52 Å². The van der Waals surface area contributed by atoms with Crippen molar-refractivity contribution in [2.24, 2.45) is 5.92 Å². The summed E-state index contributed by atoms with van der Waals surface area (Å²) >= 11 is 0. The van der Waals surface area contributed by atoms with E-state index in [2.05, 4.69) is 0 Å². The van der Waals surface area contributed by atoms with Crippen LogP contribution in [0.2, 0.25) is 0 Å². The average Bonchev–Trinajstić information content (AvgIpc) is 2.27. The molecule has 2 N–H and O–H groups in total. The second-order valence-corrected chi connectivity index (χ2v) is 5.78. The van der Waals surface area contributed by atoms with E-state index >= 15 is 0 Å². The van der Waals surface area contributed by atoms with Crippen LogP contribution in [0, 0.1) is 10.7 Å². The van der Waals surface area contributed by atoms with E-state index in [-0.39, 0.29) is 29.5 Å². The minimum absolute atomic E-state index is 0.0240. The van der Waals surface area contributed by atoms with Crippen LogP contribution >= 0.6 is 0 Å². The molecule has 94 valence electrons. The maximum Gasteiger partial charge on any atom is 0.352 e. The lowest BCUT2D eigenvalue weighted by atomic mass is 9.98. The number of fused-ring (bicyclic) bond motifs is 1. The summed E-state index contributed by atoms with van der Waals surface area (Å²) in [5, 5.41) is 8.91. The van der Waals surface area contributed by atoms with E-state index in [1.165, 1.54) is 12.0 Å². The Labute approximate surface area is 101 Å². The van der Waals surface area contributed by atoms with Gasteiger partial charge in [0.25, 0.3) is 0 Å². The highest BCUT2D eigenvalue weighted by Gasteiger charge is 2.52. The Kier molecular flexibility index (Phi) is 3.05. The number of carboxylic acid groups (broad SMARTS) is 1. The van der Waals surface area contributed by atoms with E-state index in [0.29, 0.717) is 11.3 Å². The third-order valence-electron chi connectivity index (χ3n) is 3.03. The van der Waals surface area contributed by atoms with Gasteiger partial charge in [-0.2, -0.15) is 0 Å². The molecule has 0 aromatic rings. The minimum atomic E-state index is -1.11. The van der Waals surface area contributed by atoms with Crippen LogP contribution in [0.4, 0.5) is 0 Å². The molecule has 3 unspecified atom stereocenters. The van der Waals surface area contributed by atoms with Gasteiger partial charge in [0.15, 0.2) is 0 Å². The van der Waals surface area contributed by atoms with Gasteiger partial charge >= 0.3 is 5.97 Å². The maximum absolute atomic E-state index is 11.7. The van der Waals surface area contributed by atoms with Crippen LogP contribution in [0.3, 0.4) is 0 Å². The van der Waals surface area contributed by atoms with Crippen molar-refractivity contribution in [2.45, 2.75) is 12.3 Å². The number of carbonyl (C=O) groups is 2. The molecule has 17 heavy (non-hydrogen) atoms. The molecular formula is C10H14N2O4S. The van der Waals surface area contributed by atoms with Crippen LogP contribution in [-0.2, 0) is 25.0 Å². The van der Waals surface area contributed by atoms with Gasteiger partial charge in [-0.15, -0.1) is 0 Å². The van der Waals surface area contributed by atoms with Gasteiger partial charge in [-0.05, 0) is 5.57 Å². The highest BCUT2D eigenvalue weighted by atomic mass is 32.2. The summed E-state index contributed by atoms with van der Waals surface area (Å²) in [6.07, 6.45) is 0. The Hall–Kier alpha value is -1.21. The molecular weight excluding hydrogens is 244 g/mol. The van der Waals surface area contributed by atoms with Crippen LogP contribution in [-0.4, -0.2) is 46.7 Å². The van der Waals surface area contributed by atoms with Crippen molar-refractivity contribution < 1.29 is 19.4 Å². The summed E-state index contributed by atoms with van der Waals surface area (Å²) in [4.78, 5) is 24.2. The lowest BCUT2D eigenvalue weighted by Gasteiger charge is -2.49. The Morgan fingerprint density at radius 1 is 1.71 bits per heavy atom. The van der Waals surface area contributed by atoms with Gasteiger partial charge in [-0.25, -0.2) is 4.79 Å². The van der Waals surface area contributed by atoms with Gasteiger partial charge in [0.1, 0.15) is 11.1 Å². The molecule has 0 aliphatic carbocycles. The zero-order chi connectivity index (χ0) is 12.7. The molecule has 2 rings (SSSR count). The van der Waals surface area contributed by atoms with Gasteiger partial charge in [0.2, 0.25) is 5.91 Å². The van der Waals surface area contributed by atoms with E-state index in [9.17, 15) is 14.7 Å². The van der Waals surface area contributed by atoms with Crippen molar-refractivity contribution in [1.29, 1.82) is 4.78 Å². The SMILES string of the molecule is COCC1=C(C(=O)O)N2C(=O)C(C)C2S(=N)C1. The van der Waals surface area contributed by atoms with E-state index in [1.807, 2.05) is 0 Å². The molecule has 2 heterocycles. The number of nitrogens with one attached hydrogen (secondary N) is 1. The first-order valence-corrected chi connectivity index (χ1v) is 6.63. The summed E-state index contributed by atoms with van der Waals surface area (Å²) in [5.74, 6) is -1.17. The number of carboxylic acids is 1. The zero-order valence-corrected chi connectivity index (χ0v) is 10.4. The molecule has 0 spiro atoms. The molecule has 1 saturated heterocycles. The van der Waals surface area contributed by atoms with Crippen LogP contribution in [0.15, 0.2) is 11.3 Å². The fourth-order valence-corrected chi connectivity index (χ4v) is 4.11. The summed E-state index contributed by atoms with van der Waals surface area (Å²) in [5.41, 5.74) is 0.561. The first kappa shape index (κ1) is 12.3. The third-order valence-corrected chi connectivity index (χ3v) is 4.89. The van der Waals surface area contributed by atoms with Crippen molar-refractivity contribution in [1.82, 2.24) is 4.90 Å². The summed E-state index contributed by atoms with van der Waals surface area (Å²) in [6.45, 7) is 1.91. The van der Waals surface area contributed by atoms with Gasteiger partial charge in [-0.1, -0.05) is 17.6 Å². The van der Waals surface area contributed by atoms with Gasteiger partial charge in [0, 0.05) is 12.9 Å². The fraction of sp³-hybridized carbons (Fsp3) is 0.600. The number of hydrogen-bond donors (Lipinski definition) is 2. The number of methoxy groups -OCH3 is 1. The van der Waals surface area contributed by atoms with Gasteiger partial charge in [0.05, 0.1) is 12.5 Å². The number of nitrogens with zero attached hydrogens (tertiary/aromatic N) is 1. The first-order chi connectivity index (χ1) is 7.99. The Balaban J connectivity index is 2.44. The molecule has 7 heteroatoms. The highest BCUT2D eigenvalue weighted by Crippen LogP contribution is 2.38. The van der Waals surface area contributed by atoms with E-state index in [0.717, 1.165) is 0 Å². The van der Waals surface area contributed by atoms with E-state index in [1.54, 1.807) is 6.92 Å². The fourth-order valence-electron chi connectivity index (χ4n) is 2.27. The lowest BCUT2D eigenvalue weighted by molar-refractivity contribution is -0.151. The molecule has 2 aliphatic rings. The number of carbonyl (C=O) groups excluding carboxylic acids is 1. The average molecular weight is 258 g/mol. The number of rotatable bonds is 3. The summed E-state index contributed by atoms with van der Waals surface area (Å²) in [7, 11) is 0.729. The first-order valence-electron chi connectivity index (χ1n) is 5.17. The minimum Gasteiger partial charge on any atom is -0.477 e. The molecule has 0 radical (unpaired) electrons. The van der Waals surface area contributed by atoms with Crippen molar-refractivity contribution in [3.63, 3.8) is 0 Å². The zero-order valence-electron chi connectivity index (χ0n) is 9.60. The second-order valence-electron chi connectivity index (χ2n) is 4.15. The van der Waals surface area contributed by atoms with Crippen molar-refractivity contribution in [2.75, 3.05) is 19.5 Å². The van der Waals surface area contributed by atoms with Crippen molar-refractivity contribution in [3.05, 3.63) is 11.3 Å². The molecule has 1 fully saturated rings. The molecule has 0 aromatic heterocycles. The van der Waals surface area contributed by atoms with Gasteiger partial charge < -0.3 is 9.84 Å². The largest absolute Gasteiger partial charge is 0.477 e. The molecule has 0 saturated carbocycles. The van der Waals surface area contributed by atoms with Gasteiger partial charge in [-0.3, -0.25) is 14.5 Å². The van der Waals surface area contributed by atoms with Crippen LogP contribution in [0.5, 0.6) is 0 Å². The number of ether oxygens (including phenoxy) is 1. The smallest absolute Gasteiger partial charge is 0.352 e. The van der Waals surface area contributed by atoms with E-state index < -0.39 is 16.7 Å². The Morgan fingerprint density at radius 2 is 2.35 bits per heavy atom. The number of β-lactam (4-membered cyclic amide) rings is 1. The molecule has 3 atom stereocenters. The molecule has 0 aromatic carbocycles. The summed E-state index contributed by atoms with van der Waals surface area (Å²) in [6, 6.07) is 0. The standard InChI is InChI=1S/C10H14N2O4S/c1-5-8(13)12-7(10(14)15)6(3-16-2)4-17(11)9(5)12/h5,9,11H,3-4H2,1-2H3,(H,14,15). The normalized spacial score (nSPS) is 32.2. The number of hydrogen-bond acceptors (Lipinski definition) is 4. The predicted octanol–water partition coefficient (Wildman–Crippen LogP) is 0.170. The Bertz CT molecular complexity index is 446. The predicted molar refractivity (Wildman–Crippen MR) is 61.3 cm³/mol. The lowest BCUT2D eigenvalue weighted by Crippen LogP contribution is -2.64.